The summed E-state index contributed by atoms with van der Waals surface area (Å²) in [7, 11) is 0. The monoisotopic (exact) mass is 210 g/mol. The molecule has 4 heteroatoms. The summed E-state index contributed by atoms with van der Waals surface area (Å²) in [5.41, 5.74) is 0.683. The van der Waals surface area contributed by atoms with Crippen molar-refractivity contribution < 1.29 is 9.53 Å². The van der Waals surface area contributed by atoms with Gasteiger partial charge in [-0.15, -0.1) is 0 Å². The maximum Gasteiger partial charge on any atom is 0.168 e. The minimum absolute atomic E-state index is 0.103. The molecule has 15 heavy (non-hydrogen) atoms. The van der Waals surface area contributed by atoms with Crippen LogP contribution in [0.3, 0.4) is 0 Å². The number of aryl methyl sites for hydroxylation is 1. The van der Waals surface area contributed by atoms with Crippen molar-refractivity contribution in [1.82, 2.24) is 9.78 Å². The van der Waals surface area contributed by atoms with Crippen molar-refractivity contribution in [3.8, 4) is 0 Å². The van der Waals surface area contributed by atoms with Crippen molar-refractivity contribution in [3.63, 3.8) is 0 Å². The predicted octanol–water partition coefficient (Wildman–Crippen LogP) is 1.90. The normalized spacial score (nSPS) is 10.5. The number of nitrogens with zero attached hydrogens (tertiary/aromatic N) is 2. The Kier molecular flexibility index (Phi) is 5.04. The SMILES string of the molecule is CCCn1cc(C(=O)CCOCC)cn1. The second-order valence-corrected chi connectivity index (χ2v) is 3.36. The quantitative estimate of drug-likeness (QED) is 0.510. The predicted molar refractivity (Wildman–Crippen MR) is 58.0 cm³/mol. The number of carbonyl (C=O) groups excluding carboxylic acids is 1. The molecular weight excluding hydrogens is 192 g/mol. The van der Waals surface area contributed by atoms with E-state index in [2.05, 4.69) is 12.0 Å². The average Bonchev–Trinajstić information content (AvgIpc) is 2.67. The van der Waals surface area contributed by atoms with Crippen molar-refractivity contribution in [2.45, 2.75) is 33.2 Å². The molecule has 0 saturated heterocycles. The molecule has 1 rings (SSSR count). The molecule has 0 fully saturated rings. The molecule has 0 spiro atoms. The highest BCUT2D eigenvalue weighted by molar-refractivity contribution is 5.95. The number of hydrogen-bond acceptors (Lipinski definition) is 3. The lowest BCUT2D eigenvalue weighted by molar-refractivity contribution is 0.0895. The van der Waals surface area contributed by atoms with Gasteiger partial charge in [-0.05, 0) is 13.3 Å². The van der Waals surface area contributed by atoms with Gasteiger partial charge >= 0.3 is 0 Å². The first-order valence-corrected chi connectivity index (χ1v) is 5.41. The van der Waals surface area contributed by atoms with Crippen LogP contribution in [-0.4, -0.2) is 28.8 Å². The fourth-order valence-electron chi connectivity index (χ4n) is 1.31. The third-order valence-electron chi connectivity index (χ3n) is 2.09. The number of hydrogen-bond donors (Lipinski definition) is 0. The first-order chi connectivity index (χ1) is 7.27. The van der Waals surface area contributed by atoms with Gasteiger partial charge in [-0.3, -0.25) is 9.48 Å². The lowest BCUT2D eigenvalue weighted by atomic mass is 10.2. The first-order valence-electron chi connectivity index (χ1n) is 5.41. The van der Waals surface area contributed by atoms with Crippen molar-refractivity contribution in [2.75, 3.05) is 13.2 Å². The Labute approximate surface area is 90.2 Å². The van der Waals surface area contributed by atoms with Crippen LogP contribution in [-0.2, 0) is 11.3 Å². The van der Waals surface area contributed by atoms with Crippen molar-refractivity contribution >= 4 is 5.78 Å². The van der Waals surface area contributed by atoms with Crippen LogP contribution >= 0.6 is 0 Å². The lowest BCUT2D eigenvalue weighted by Gasteiger charge is -1.98. The molecule has 0 aromatic carbocycles. The number of aromatic nitrogens is 2. The van der Waals surface area contributed by atoms with E-state index in [4.69, 9.17) is 4.74 Å². The van der Waals surface area contributed by atoms with Crippen LogP contribution in [0.2, 0.25) is 0 Å². The highest BCUT2D eigenvalue weighted by atomic mass is 16.5. The Hall–Kier alpha value is -1.16. The summed E-state index contributed by atoms with van der Waals surface area (Å²) < 4.78 is 6.93. The van der Waals surface area contributed by atoms with E-state index in [1.807, 2.05) is 6.92 Å². The van der Waals surface area contributed by atoms with Crippen LogP contribution in [0.5, 0.6) is 0 Å². The molecule has 0 unspecified atom stereocenters. The second-order valence-electron chi connectivity index (χ2n) is 3.36. The molecule has 0 amide bonds. The van der Waals surface area contributed by atoms with Crippen molar-refractivity contribution in [1.29, 1.82) is 0 Å². The molecule has 0 aliphatic heterocycles. The maximum absolute atomic E-state index is 11.6. The topological polar surface area (TPSA) is 44.1 Å². The molecule has 0 saturated carbocycles. The van der Waals surface area contributed by atoms with Gasteiger partial charge in [-0.25, -0.2) is 0 Å². The van der Waals surface area contributed by atoms with Gasteiger partial charge in [0.05, 0.1) is 18.4 Å². The molecule has 0 N–H and O–H groups in total. The third kappa shape index (κ3) is 3.83. The Morgan fingerprint density at radius 1 is 1.53 bits per heavy atom. The molecule has 1 aromatic heterocycles. The van der Waals surface area contributed by atoms with Gasteiger partial charge in [-0.1, -0.05) is 6.92 Å². The van der Waals surface area contributed by atoms with E-state index >= 15 is 0 Å². The van der Waals surface area contributed by atoms with Crippen LogP contribution in [0.1, 0.15) is 37.0 Å². The van der Waals surface area contributed by atoms with Crippen LogP contribution in [0.4, 0.5) is 0 Å². The standard InChI is InChI=1S/C11H18N2O2/c1-3-6-13-9-10(8-12-13)11(14)5-7-15-4-2/h8-9H,3-7H2,1-2H3. The highest BCUT2D eigenvalue weighted by Gasteiger charge is 2.07. The van der Waals surface area contributed by atoms with E-state index in [0.717, 1.165) is 13.0 Å². The molecular formula is C11H18N2O2. The van der Waals surface area contributed by atoms with Crippen molar-refractivity contribution in [3.05, 3.63) is 18.0 Å². The largest absolute Gasteiger partial charge is 0.381 e. The van der Waals surface area contributed by atoms with Crippen LogP contribution < -0.4 is 0 Å². The van der Waals surface area contributed by atoms with E-state index in [0.29, 0.717) is 25.2 Å². The summed E-state index contributed by atoms with van der Waals surface area (Å²) in [6.07, 6.45) is 4.89. The molecule has 4 nitrogen and oxygen atoms in total. The van der Waals surface area contributed by atoms with E-state index in [1.165, 1.54) is 0 Å². The van der Waals surface area contributed by atoms with Crippen LogP contribution in [0, 0.1) is 0 Å². The van der Waals surface area contributed by atoms with Gasteiger partial charge in [0.25, 0.3) is 0 Å². The summed E-state index contributed by atoms with van der Waals surface area (Å²) in [5, 5.41) is 4.11. The minimum atomic E-state index is 0.103. The number of ketones is 1. The van der Waals surface area contributed by atoms with Gasteiger partial charge in [0, 0.05) is 25.8 Å². The number of ether oxygens (including phenoxy) is 1. The lowest BCUT2D eigenvalue weighted by Crippen LogP contribution is -2.04. The Morgan fingerprint density at radius 3 is 3.00 bits per heavy atom. The zero-order valence-electron chi connectivity index (χ0n) is 9.40. The molecule has 0 bridgehead atoms. The Morgan fingerprint density at radius 2 is 2.33 bits per heavy atom. The number of carbonyl (C=O) groups is 1. The summed E-state index contributed by atoms with van der Waals surface area (Å²) in [6.45, 7) is 6.01. The smallest absolute Gasteiger partial charge is 0.168 e. The first kappa shape index (κ1) is 11.9. The van der Waals surface area contributed by atoms with E-state index in [1.54, 1.807) is 17.1 Å². The molecule has 84 valence electrons. The third-order valence-corrected chi connectivity index (χ3v) is 2.09. The zero-order chi connectivity index (χ0) is 11.1. The van der Waals surface area contributed by atoms with Gasteiger partial charge in [0.1, 0.15) is 0 Å². The van der Waals surface area contributed by atoms with Gasteiger partial charge in [0.2, 0.25) is 0 Å². The number of rotatable bonds is 7. The zero-order valence-corrected chi connectivity index (χ0v) is 9.40. The molecule has 0 aliphatic rings. The van der Waals surface area contributed by atoms with Crippen LogP contribution in [0.25, 0.3) is 0 Å². The molecule has 0 atom stereocenters. The maximum atomic E-state index is 11.6. The van der Waals surface area contributed by atoms with Crippen molar-refractivity contribution in [2.24, 2.45) is 0 Å². The van der Waals surface area contributed by atoms with E-state index in [9.17, 15) is 4.79 Å². The average molecular weight is 210 g/mol. The highest BCUT2D eigenvalue weighted by Crippen LogP contribution is 2.03. The summed E-state index contributed by atoms with van der Waals surface area (Å²) in [4.78, 5) is 11.6. The summed E-state index contributed by atoms with van der Waals surface area (Å²) in [5.74, 6) is 0.103. The van der Waals surface area contributed by atoms with Crippen LogP contribution in [0.15, 0.2) is 12.4 Å². The Bertz CT molecular complexity index is 307. The second kappa shape index (κ2) is 6.35. The van der Waals surface area contributed by atoms with E-state index in [-0.39, 0.29) is 5.78 Å². The van der Waals surface area contributed by atoms with E-state index < -0.39 is 0 Å². The fourth-order valence-corrected chi connectivity index (χ4v) is 1.31. The fraction of sp³-hybridized carbons (Fsp3) is 0.636. The molecule has 1 aromatic rings. The number of Topliss-reactive ketones (excluding diaryl/α,β-unsaturated/α-hetero) is 1. The van der Waals surface area contributed by atoms with Gasteiger partial charge in [-0.2, -0.15) is 5.10 Å². The van der Waals surface area contributed by atoms with Gasteiger partial charge in [0.15, 0.2) is 5.78 Å². The Balaban J connectivity index is 2.43. The summed E-state index contributed by atoms with van der Waals surface area (Å²) >= 11 is 0. The molecule has 0 radical (unpaired) electrons. The summed E-state index contributed by atoms with van der Waals surface area (Å²) in [6, 6.07) is 0. The molecule has 1 heterocycles. The molecule has 0 aliphatic carbocycles. The minimum Gasteiger partial charge on any atom is -0.381 e. The van der Waals surface area contributed by atoms with Gasteiger partial charge < -0.3 is 4.74 Å².